The topological polar surface area (TPSA) is 112 Å². The van der Waals surface area contributed by atoms with Crippen LogP contribution >= 0.6 is 0 Å². The summed E-state index contributed by atoms with van der Waals surface area (Å²) in [6.45, 7) is 5.67. The zero-order chi connectivity index (χ0) is 25.4. The van der Waals surface area contributed by atoms with Crippen molar-refractivity contribution < 1.29 is 19.8 Å². The van der Waals surface area contributed by atoms with Gasteiger partial charge in [-0.1, -0.05) is 36.4 Å². The van der Waals surface area contributed by atoms with Crippen molar-refractivity contribution in [2.45, 2.75) is 19.8 Å². The van der Waals surface area contributed by atoms with Gasteiger partial charge in [0.15, 0.2) is 0 Å². The fraction of sp³-hybridized carbons (Fsp3) is 0.103. The van der Waals surface area contributed by atoms with E-state index >= 15 is 0 Å². The number of benzene rings is 3. The Labute approximate surface area is 207 Å². The summed E-state index contributed by atoms with van der Waals surface area (Å²) in [6.07, 6.45) is 7.37. The van der Waals surface area contributed by atoms with Crippen molar-refractivity contribution in [3.8, 4) is 11.1 Å². The number of hydrogen-bond acceptors (Lipinski definition) is 5. The number of aromatic carboxylic acids is 2. The van der Waals surface area contributed by atoms with E-state index in [1.165, 1.54) is 12.1 Å². The van der Waals surface area contributed by atoms with Crippen LogP contribution in [0, 0.1) is 6.92 Å². The lowest BCUT2D eigenvalue weighted by molar-refractivity contribution is 0.0686. The third-order valence-electron chi connectivity index (χ3n) is 6.47. The molecule has 3 N–H and O–H groups in total. The number of anilines is 2. The Morgan fingerprint density at radius 1 is 0.944 bits per heavy atom. The van der Waals surface area contributed by atoms with E-state index in [4.69, 9.17) is 0 Å². The quantitative estimate of drug-likeness (QED) is 0.221. The van der Waals surface area contributed by atoms with E-state index in [1.54, 1.807) is 12.1 Å². The predicted molar refractivity (Wildman–Crippen MR) is 141 cm³/mol. The molecule has 7 nitrogen and oxygen atoms in total. The van der Waals surface area contributed by atoms with Gasteiger partial charge in [0, 0.05) is 17.1 Å². The lowest BCUT2D eigenvalue weighted by Gasteiger charge is -2.19. The largest absolute Gasteiger partial charge is 0.478 e. The number of fused-ring (bicyclic) bond motifs is 3. The van der Waals surface area contributed by atoms with Crippen molar-refractivity contribution in [2.24, 2.45) is 4.99 Å². The highest BCUT2D eigenvalue weighted by molar-refractivity contribution is 6.04. The number of nitrogens with one attached hydrogen (secondary N) is 1. The van der Waals surface area contributed by atoms with Gasteiger partial charge in [0.05, 0.1) is 33.7 Å². The monoisotopic (exact) mass is 477 g/mol. The number of hydrogen-bond donors (Lipinski definition) is 3. The Balaban J connectivity index is 1.75. The maximum atomic E-state index is 12.0. The number of pyridine rings is 1. The molecule has 0 atom stereocenters. The first-order valence-corrected chi connectivity index (χ1v) is 11.4. The van der Waals surface area contributed by atoms with E-state index in [0.717, 1.165) is 34.1 Å². The summed E-state index contributed by atoms with van der Waals surface area (Å²) < 4.78 is 0. The fourth-order valence-corrected chi connectivity index (χ4v) is 4.69. The van der Waals surface area contributed by atoms with Gasteiger partial charge < -0.3 is 15.5 Å². The molecule has 4 aromatic rings. The van der Waals surface area contributed by atoms with Gasteiger partial charge in [-0.2, -0.15) is 0 Å². The molecule has 36 heavy (non-hydrogen) atoms. The minimum atomic E-state index is -1.09. The van der Waals surface area contributed by atoms with Crippen LogP contribution in [0.5, 0.6) is 0 Å². The number of rotatable bonds is 6. The molecule has 0 radical (unpaired) electrons. The van der Waals surface area contributed by atoms with Crippen LogP contribution in [0.25, 0.3) is 22.0 Å². The number of allylic oxidation sites excluding steroid dienone is 2. The second kappa shape index (κ2) is 9.11. The molecule has 3 aromatic carbocycles. The first kappa shape index (κ1) is 23.0. The predicted octanol–water partition coefficient (Wildman–Crippen LogP) is 6.34. The number of carbonyl (C=O) groups is 2. The molecule has 0 spiro atoms. The van der Waals surface area contributed by atoms with Crippen LogP contribution in [0.15, 0.2) is 71.9 Å². The van der Waals surface area contributed by atoms with Crippen LogP contribution in [0.4, 0.5) is 17.1 Å². The molecule has 1 heterocycles. The number of nitrogens with zero attached hydrogens (tertiary/aromatic N) is 2. The Morgan fingerprint density at radius 2 is 1.64 bits per heavy atom. The summed E-state index contributed by atoms with van der Waals surface area (Å²) >= 11 is 0. The van der Waals surface area contributed by atoms with Crippen LogP contribution in [0.3, 0.4) is 0 Å². The minimum absolute atomic E-state index is 0.0670. The Hall–Kier alpha value is -4.78. The SMILES string of the molecule is C=Nc1c(Nc2cc(C(=O)O)cc3c4c(cnc23)CC=CC4)cc(C(=O)O)cc1-c1ccccc1C. The standard InChI is InChI=1S/C29H23N3O4/c1-16-7-3-5-9-20(16)22-11-18(28(33)34)13-24(26(22)30-2)32-25-14-19(29(35)36)12-23-21-10-6-4-8-17(21)15-31-27(23)25/h3-7,9,11-15,32H,2,8,10H2,1H3,(H,33,34)(H,35,36). The second-order valence-electron chi connectivity index (χ2n) is 8.69. The summed E-state index contributed by atoms with van der Waals surface area (Å²) in [5.41, 5.74) is 6.57. The Bertz CT molecular complexity index is 1600. The molecule has 1 aliphatic carbocycles. The number of aliphatic imine (C=N–C) groups is 1. The first-order chi connectivity index (χ1) is 17.4. The summed E-state index contributed by atoms with van der Waals surface area (Å²) in [4.78, 5) is 32.9. The second-order valence-corrected chi connectivity index (χ2v) is 8.69. The van der Waals surface area contributed by atoms with Gasteiger partial charge >= 0.3 is 11.9 Å². The molecule has 1 aliphatic rings. The van der Waals surface area contributed by atoms with E-state index in [9.17, 15) is 19.8 Å². The van der Waals surface area contributed by atoms with Gasteiger partial charge in [-0.05, 0) is 73.0 Å². The van der Waals surface area contributed by atoms with Gasteiger partial charge in [-0.15, -0.1) is 0 Å². The van der Waals surface area contributed by atoms with Crippen molar-refractivity contribution in [1.29, 1.82) is 0 Å². The average molecular weight is 478 g/mol. The first-order valence-electron chi connectivity index (χ1n) is 11.4. The molecule has 178 valence electrons. The van der Waals surface area contributed by atoms with Crippen LogP contribution < -0.4 is 5.32 Å². The molecule has 0 aliphatic heterocycles. The highest BCUT2D eigenvalue weighted by Gasteiger charge is 2.20. The maximum absolute atomic E-state index is 12.0. The van der Waals surface area contributed by atoms with Gasteiger partial charge in [-0.25, -0.2) is 9.59 Å². The van der Waals surface area contributed by atoms with Crippen molar-refractivity contribution in [1.82, 2.24) is 4.98 Å². The number of aryl methyl sites for hydroxylation is 1. The van der Waals surface area contributed by atoms with Crippen LogP contribution in [-0.2, 0) is 12.8 Å². The van der Waals surface area contributed by atoms with Gasteiger partial charge in [0.25, 0.3) is 0 Å². The molecule has 0 saturated heterocycles. The molecule has 1 aromatic heterocycles. The van der Waals surface area contributed by atoms with Crippen LogP contribution in [0.2, 0.25) is 0 Å². The average Bonchev–Trinajstić information content (AvgIpc) is 2.88. The summed E-state index contributed by atoms with van der Waals surface area (Å²) in [6, 6.07) is 13.8. The third kappa shape index (κ3) is 4.01. The molecule has 0 unspecified atom stereocenters. The molecule has 5 rings (SSSR count). The van der Waals surface area contributed by atoms with Crippen molar-refractivity contribution in [2.75, 3.05) is 5.32 Å². The van der Waals surface area contributed by atoms with E-state index < -0.39 is 11.9 Å². The lowest BCUT2D eigenvalue weighted by Crippen LogP contribution is -2.06. The summed E-state index contributed by atoms with van der Waals surface area (Å²) in [5.74, 6) is -2.16. The molecule has 0 amide bonds. The van der Waals surface area contributed by atoms with Gasteiger partial charge in [0.1, 0.15) is 0 Å². The molecule has 7 heteroatoms. The zero-order valence-corrected chi connectivity index (χ0v) is 19.6. The number of aromatic nitrogens is 1. The number of carboxylic acid groups (broad SMARTS) is 2. The third-order valence-corrected chi connectivity index (χ3v) is 6.47. The molecule has 0 fully saturated rings. The van der Waals surface area contributed by atoms with Gasteiger partial charge in [0.2, 0.25) is 0 Å². The number of carboxylic acids is 2. The maximum Gasteiger partial charge on any atom is 0.335 e. The van der Waals surface area contributed by atoms with E-state index in [1.807, 2.05) is 37.4 Å². The molecule has 0 saturated carbocycles. The summed E-state index contributed by atoms with van der Waals surface area (Å²) in [7, 11) is 0. The van der Waals surface area contributed by atoms with Crippen molar-refractivity contribution in [3.63, 3.8) is 0 Å². The van der Waals surface area contributed by atoms with Gasteiger partial charge in [-0.3, -0.25) is 9.98 Å². The van der Waals surface area contributed by atoms with Crippen molar-refractivity contribution >= 4 is 46.6 Å². The lowest BCUT2D eigenvalue weighted by atomic mass is 9.93. The fourth-order valence-electron chi connectivity index (χ4n) is 4.69. The van der Waals surface area contributed by atoms with E-state index in [0.29, 0.717) is 34.6 Å². The molecular formula is C29H23N3O4. The van der Waals surface area contributed by atoms with Crippen molar-refractivity contribution in [3.05, 3.63) is 94.7 Å². The zero-order valence-electron chi connectivity index (χ0n) is 19.6. The summed E-state index contributed by atoms with van der Waals surface area (Å²) in [5, 5.41) is 23.6. The smallest absolute Gasteiger partial charge is 0.335 e. The van der Waals surface area contributed by atoms with E-state index in [2.05, 4.69) is 34.2 Å². The molecule has 0 bridgehead atoms. The normalized spacial score (nSPS) is 12.2. The Morgan fingerprint density at radius 3 is 2.36 bits per heavy atom. The Kier molecular flexibility index (Phi) is 5.82. The molecular weight excluding hydrogens is 454 g/mol. The highest BCUT2D eigenvalue weighted by Crippen LogP contribution is 2.42. The minimum Gasteiger partial charge on any atom is -0.478 e. The highest BCUT2D eigenvalue weighted by atomic mass is 16.4. The van der Waals surface area contributed by atoms with Crippen LogP contribution in [-0.4, -0.2) is 33.9 Å². The van der Waals surface area contributed by atoms with E-state index in [-0.39, 0.29) is 11.1 Å². The van der Waals surface area contributed by atoms with Crippen LogP contribution in [0.1, 0.15) is 37.4 Å².